The van der Waals surface area contributed by atoms with Crippen molar-refractivity contribution in [2.45, 2.75) is 13.0 Å². The monoisotopic (exact) mass is 243 g/mol. The maximum Gasteiger partial charge on any atom is 0.324 e. The summed E-state index contributed by atoms with van der Waals surface area (Å²) in [5.41, 5.74) is 0.988. The highest BCUT2D eigenvalue weighted by molar-refractivity contribution is 7.13. The molecule has 1 aromatic rings. The SMILES string of the molecule is CN(C)CCCNCc1csc([N+](=O)[O-])c1. The molecule has 6 heteroatoms. The predicted octanol–water partition coefficient (Wildman–Crippen LogP) is 1.70. The Hall–Kier alpha value is -0.980. The topological polar surface area (TPSA) is 58.4 Å². The maximum atomic E-state index is 10.5. The van der Waals surface area contributed by atoms with Crippen LogP contribution < -0.4 is 5.32 Å². The Labute approximate surface area is 99.2 Å². The van der Waals surface area contributed by atoms with Crippen LogP contribution in [-0.2, 0) is 6.54 Å². The molecule has 0 bridgehead atoms. The molecule has 1 heterocycles. The Kier molecular flexibility index (Phi) is 5.37. The maximum absolute atomic E-state index is 10.5. The molecule has 0 atom stereocenters. The van der Waals surface area contributed by atoms with E-state index in [0.29, 0.717) is 6.54 Å². The zero-order chi connectivity index (χ0) is 12.0. The van der Waals surface area contributed by atoms with Crippen LogP contribution in [0.25, 0.3) is 0 Å². The first kappa shape index (κ1) is 13.1. The first-order valence-corrected chi connectivity index (χ1v) is 6.05. The van der Waals surface area contributed by atoms with E-state index >= 15 is 0 Å². The van der Waals surface area contributed by atoms with Crippen LogP contribution in [0.5, 0.6) is 0 Å². The van der Waals surface area contributed by atoms with Gasteiger partial charge < -0.3 is 10.2 Å². The molecule has 0 aliphatic carbocycles. The minimum Gasteiger partial charge on any atom is -0.313 e. The van der Waals surface area contributed by atoms with Gasteiger partial charge in [-0.2, -0.15) is 0 Å². The van der Waals surface area contributed by atoms with Crippen LogP contribution in [0, 0.1) is 10.1 Å². The molecule has 0 aliphatic rings. The highest BCUT2D eigenvalue weighted by Crippen LogP contribution is 2.22. The minimum atomic E-state index is -0.347. The molecule has 1 rings (SSSR count). The van der Waals surface area contributed by atoms with Gasteiger partial charge in [0.1, 0.15) is 0 Å². The van der Waals surface area contributed by atoms with Crippen molar-refractivity contribution >= 4 is 16.3 Å². The first-order valence-electron chi connectivity index (χ1n) is 5.17. The van der Waals surface area contributed by atoms with Crippen LogP contribution in [-0.4, -0.2) is 37.0 Å². The number of hydrogen-bond acceptors (Lipinski definition) is 5. The molecule has 1 N–H and O–H groups in total. The summed E-state index contributed by atoms with van der Waals surface area (Å²) >= 11 is 1.18. The Morgan fingerprint density at radius 1 is 1.56 bits per heavy atom. The van der Waals surface area contributed by atoms with E-state index in [2.05, 4.69) is 10.2 Å². The van der Waals surface area contributed by atoms with Crippen LogP contribution >= 0.6 is 11.3 Å². The average molecular weight is 243 g/mol. The Balaban J connectivity index is 2.19. The molecule has 0 saturated heterocycles. The van der Waals surface area contributed by atoms with Gasteiger partial charge in [0, 0.05) is 18.0 Å². The zero-order valence-electron chi connectivity index (χ0n) is 9.60. The molecule has 0 radical (unpaired) electrons. The van der Waals surface area contributed by atoms with E-state index in [0.717, 1.165) is 25.1 Å². The molecule has 0 spiro atoms. The Morgan fingerprint density at radius 3 is 2.88 bits per heavy atom. The lowest BCUT2D eigenvalue weighted by molar-refractivity contribution is -0.380. The van der Waals surface area contributed by atoms with Crippen molar-refractivity contribution in [1.82, 2.24) is 10.2 Å². The van der Waals surface area contributed by atoms with Gasteiger partial charge in [0.05, 0.1) is 4.92 Å². The molecule has 0 aliphatic heterocycles. The molecule has 0 fully saturated rings. The summed E-state index contributed by atoms with van der Waals surface area (Å²) in [7, 11) is 4.09. The highest BCUT2D eigenvalue weighted by Gasteiger charge is 2.08. The summed E-state index contributed by atoms with van der Waals surface area (Å²) in [5.74, 6) is 0. The number of thiophene rings is 1. The zero-order valence-corrected chi connectivity index (χ0v) is 10.4. The van der Waals surface area contributed by atoms with Gasteiger partial charge in [-0.15, -0.1) is 0 Å². The minimum absolute atomic E-state index is 0.213. The molecular formula is C10H17N3O2S. The molecule has 0 saturated carbocycles. The van der Waals surface area contributed by atoms with Gasteiger partial charge in [0.2, 0.25) is 0 Å². The third-order valence-electron chi connectivity index (χ3n) is 2.11. The van der Waals surface area contributed by atoms with E-state index in [4.69, 9.17) is 0 Å². The van der Waals surface area contributed by atoms with Gasteiger partial charge in [0.15, 0.2) is 0 Å². The molecule has 0 amide bonds. The van der Waals surface area contributed by atoms with E-state index in [9.17, 15) is 10.1 Å². The van der Waals surface area contributed by atoms with Crippen molar-refractivity contribution in [3.63, 3.8) is 0 Å². The molecule has 0 unspecified atom stereocenters. The van der Waals surface area contributed by atoms with E-state index in [1.165, 1.54) is 11.3 Å². The fourth-order valence-corrected chi connectivity index (χ4v) is 2.03. The molecular weight excluding hydrogens is 226 g/mol. The van der Waals surface area contributed by atoms with Gasteiger partial charge in [-0.3, -0.25) is 10.1 Å². The summed E-state index contributed by atoms with van der Waals surface area (Å²) < 4.78 is 0. The lowest BCUT2D eigenvalue weighted by atomic mass is 10.3. The quantitative estimate of drug-likeness (QED) is 0.450. The van der Waals surface area contributed by atoms with Crippen molar-refractivity contribution < 1.29 is 4.92 Å². The summed E-state index contributed by atoms with van der Waals surface area (Å²) in [4.78, 5) is 12.2. The number of nitro groups is 1. The van der Waals surface area contributed by atoms with E-state index < -0.39 is 0 Å². The fourth-order valence-electron chi connectivity index (χ4n) is 1.30. The van der Waals surface area contributed by atoms with Crippen molar-refractivity contribution in [2.24, 2.45) is 0 Å². The van der Waals surface area contributed by atoms with Crippen LogP contribution in [0.15, 0.2) is 11.4 Å². The van der Waals surface area contributed by atoms with Gasteiger partial charge in [-0.25, -0.2) is 0 Å². The van der Waals surface area contributed by atoms with Crippen LogP contribution in [0.3, 0.4) is 0 Å². The van der Waals surface area contributed by atoms with Gasteiger partial charge in [0.25, 0.3) is 0 Å². The Bertz CT molecular complexity index is 339. The summed E-state index contributed by atoms with van der Waals surface area (Å²) in [6, 6.07) is 1.63. The lowest BCUT2D eigenvalue weighted by Gasteiger charge is -2.09. The number of nitrogens with one attached hydrogen (secondary N) is 1. The van der Waals surface area contributed by atoms with Gasteiger partial charge >= 0.3 is 5.00 Å². The largest absolute Gasteiger partial charge is 0.324 e. The summed E-state index contributed by atoms with van der Waals surface area (Å²) in [5, 5.41) is 15.8. The third kappa shape index (κ3) is 4.69. The number of hydrogen-bond donors (Lipinski definition) is 1. The Morgan fingerprint density at radius 2 is 2.31 bits per heavy atom. The molecule has 90 valence electrons. The third-order valence-corrected chi connectivity index (χ3v) is 3.04. The summed E-state index contributed by atoms with van der Waals surface area (Å²) in [6.45, 7) is 2.69. The second kappa shape index (κ2) is 6.57. The second-order valence-electron chi connectivity index (χ2n) is 3.88. The van der Waals surface area contributed by atoms with Gasteiger partial charge in [-0.1, -0.05) is 11.3 Å². The van der Waals surface area contributed by atoms with Crippen LogP contribution in [0.4, 0.5) is 5.00 Å². The van der Waals surface area contributed by atoms with Crippen molar-refractivity contribution in [2.75, 3.05) is 27.2 Å². The van der Waals surface area contributed by atoms with Crippen molar-refractivity contribution in [3.8, 4) is 0 Å². The first-order chi connectivity index (χ1) is 7.59. The van der Waals surface area contributed by atoms with Crippen molar-refractivity contribution in [1.29, 1.82) is 0 Å². The lowest BCUT2D eigenvalue weighted by Crippen LogP contribution is -2.20. The number of nitrogens with zero attached hydrogens (tertiary/aromatic N) is 2. The van der Waals surface area contributed by atoms with E-state index in [1.807, 2.05) is 19.5 Å². The smallest absolute Gasteiger partial charge is 0.313 e. The summed E-state index contributed by atoms with van der Waals surface area (Å²) in [6.07, 6.45) is 1.08. The fraction of sp³-hybridized carbons (Fsp3) is 0.600. The van der Waals surface area contributed by atoms with Crippen LogP contribution in [0.1, 0.15) is 12.0 Å². The van der Waals surface area contributed by atoms with E-state index in [1.54, 1.807) is 6.07 Å². The average Bonchev–Trinajstić information content (AvgIpc) is 2.65. The van der Waals surface area contributed by atoms with Gasteiger partial charge in [-0.05, 0) is 39.2 Å². The van der Waals surface area contributed by atoms with E-state index in [-0.39, 0.29) is 9.92 Å². The van der Waals surface area contributed by atoms with Crippen molar-refractivity contribution in [3.05, 3.63) is 27.1 Å². The molecule has 5 nitrogen and oxygen atoms in total. The van der Waals surface area contributed by atoms with Crippen LogP contribution in [0.2, 0.25) is 0 Å². The predicted molar refractivity (Wildman–Crippen MR) is 65.9 cm³/mol. The molecule has 0 aromatic carbocycles. The molecule has 1 aromatic heterocycles. The highest BCUT2D eigenvalue weighted by atomic mass is 32.1. The normalized spacial score (nSPS) is 10.9. The second-order valence-corrected chi connectivity index (χ2v) is 4.77. The number of rotatable bonds is 7. The molecule has 16 heavy (non-hydrogen) atoms. The standard InChI is InChI=1S/C10H17N3O2S/c1-12(2)5-3-4-11-7-9-6-10(13(14)15)16-8-9/h6,8,11H,3-5,7H2,1-2H3.